The van der Waals surface area contributed by atoms with Gasteiger partial charge in [-0.05, 0) is 56.6 Å². The van der Waals surface area contributed by atoms with E-state index in [1.54, 1.807) is 0 Å². The van der Waals surface area contributed by atoms with Crippen LogP contribution >= 0.6 is 15.9 Å². The Morgan fingerprint density at radius 1 is 1.30 bits per heavy atom. The van der Waals surface area contributed by atoms with Crippen LogP contribution in [-0.2, 0) is 6.42 Å². The van der Waals surface area contributed by atoms with Crippen LogP contribution in [0.15, 0.2) is 33.3 Å². The molecule has 0 fully saturated rings. The van der Waals surface area contributed by atoms with E-state index in [4.69, 9.17) is 4.42 Å². The molecule has 3 nitrogen and oxygen atoms in total. The SMILES string of the molecule is CCCNCCCc1ncc(-c2ccc(Br)cc2C)o1. The molecule has 20 heavy (non-hydrogen) atoms. The maximum Gasteiger partial charge on any atom is 0.194 e. The number of aromatic nitrogens is 1. The summed E-state index contributed by atoms with van der Waals surface area (Å²) >= 11 is 3.48. The van der Waals surface area contributed by atoms with Crippen LogP contribution in [0.1, 0.15) is 31.2 Å². The maximum atomic E-state index is 5.84. The third-order valence-electron chi connectivity index (χ3n) is 3.18. The van der Waals surface area contributed by atoms with Gasteiger partial charge in [-0.2, -0.15) is 0 Å². The molecule has 0 spiro atoms. The fourth-order valence-electron chi connectivity index (χ4n) is 2.12. The van der Waals surface area contributed by atoms with Crippen molar-refractivity contribution in [1.29, 1.82) is 0 Å². The van der Waals surface area contributed by atoms with E-state index in [2.05, 4.69) is 52.2 Å². The fourth-order valence-corrected chi connectivity index (χ4v) is 2.60. The van der Waals surface area contributed by atoms with Gasteiger partial charge in [0, 0.05) is 16.5 Å². The molecule has 0 unspecified atom stereocenters. The Kier molecular flexibility index (Phi) is 5.80. The lowest BCUT2D eigenvalue weighted by molar-refractivity contribution is 0.491. The summed E-state index contributed by atoms with van der Waals surface area (Å²) in [6.45, 7) is 6.35. The van der Waals surface area contributed by atoms with E-state index in [0.29, 0.717) is 0 Å². The van der Waals surface area contributed by atoms with Gasteiger partial charge in [0.05, 0.1) is 6.20 Å². The molecule has 1 aromatic heterocycles. The maximum absolute atomic E-state index is 5.84. The Balaban J connectivity index is 1.95. The predicted octanol–water partition coefficient (Wildman–Crippen LogP) is 4.34. The minimum atomic E-state index is 0.820. The first-order valence-corrected chi connectivity index (χ1v) is 7.92. The van der Waals surface area contributed by atoms with Crippen molar-refractivity contribution in [3.8, 4) is 11.3 Å². The van der Waals surface area contributed by atoms with Gasteiger partial charge in [-0.3, -0.25) is 0 Å². The minimum absolute atomic E-state index is 0.820. The van der Waals surface area contributed by atoms with Crippen molar-refractivity contribution in [1.82, 2.24) is 10.3 Å². The van der Waals surface area contributed by atoms with Crippen molar-refractivity contribution in [3.05, 3.63) is 40.3 Å². The van der Waals surface area contributed by atoms with Crippen LogP contribution in [0.2, 0.25) is 0 Å². The number of benzene rings is 1. The van der Waals surface area contributed by atoms with Crippen molar-refractivity contribution in [3.63, 3.8) is 0 Å². The van der Waals surface area contributed by atoms with E-state index in [1.165, 1.54) is 12.0 Å². The van der Waals surface area contributed by atoms with E-state index in [1.807, 2.05) is 12.3 Å². The summed E-state index contributed by atoms with van der Waals surface area (Å²) in [6.07, 6.45) is 4.93. The second-order valence-electron chi connectivity index (χ2n) is 4.93. The zero-order valence-electron chi connectivity index (χ0n) is 12.1. The summed E-state index contributed by atoms with van der Waals surface area (Å²) in [5.74, 6) is 1.67. The Hall–Kier alpha value is -1.13. The molecule has 0 aliphatic carbocycles. The number of nitrogens with zero attached hydrogens (tertiary/aromatic N) is 1. The summed E-state index contributed by atoms with van der Waals surface area (Å²) in [5.41, 5.74) is 2.29. The molecule has 0 amide bonds. The zero-order chi connectivity index (χ0) is 14.4. The molecule has 1 N–H and O–H groups in total. The van der Waals surface area contributed by atoms with Crippen molar-refractivity contribution in [2.24, 2.45) is 0 Å². The molecule has 0 aliphatic rings. The molecule has 0 saturated carbocycles. The molecular weight excluding hydrogens is 316 g/mol. The van der Waals surface area contributed by atoms with Crippen LogP contribution < -0.4 is 5.32 Å². The fraction of sp³-hybridized carbons (Fsp3) is 0.438. The van der Waals surface area contributed by atoms with E-state index < -0.39 is 0 Å². The summed E-state index contributed by atoms with van der Waals surface area (Å²) in [6, 6.07) is 6.18. The average molecular weight is 337 g/mol. The molecule has 1 heterocycles. The smallest absolute Gasteiger partial charge is 0.194 e. The van der Waals surface area contributed by atoms with Crippen LogP contribution in [-0.4, -0.2) is 18.1 Å². The lowest BCUT2D eigenvalue weighted by Crippen LogP contribution is -2.16. The zero-order valence-corrected chi connectivity index (χ0v) is 13.7. The topological polar surface area (TPSA) is 38.1 Å². The van der Waals surface area contributed by atoms with Crippen molar-refractivity contribution >= 4 is 15.9 Å². The number of rotatable bonds is 7. The highest BCUT2D eigenvalue weighted by molar-refractivity contribution is 9.10. The minimum Gasteiger partial charge on any atom is -0.441 e. The molecule has 0 atom stereocenters. The van der Waals surface area contributed by atoms with Gasteiger partial charge in [-0.1, -0.05) is 22.9 Å². The Morgan fingerprint density at radius 2 is 2.15 bits per heavy atom. The van der Waals surface area contributed by atoms with Crippen LogP contribution in [0.3, 0.4) is 0 Å². The second-order valence-corrected chi connectivity index (χ2v) is 5.85. The van der Waals surface area contributed by atoms with Crippen molar-refractivity contribution in [2.75, 3.05) is 13.1 Å². The van der Waals surface area contributed by atoms with Crippen molar-refractivity contribution < 1.29 is 4.42 Å². The standard InChI is InChI=1S/C16H21BrN2O/c1-3-8-18-9-4-5-16-19-11-15(20-16)14-7-6-13(17)10-12(14)2/h6-7,10-11,18H,3-5,8-9H2,1-2H3. The Morgan fingerprint density at radius 3 is 2.90 bits per heavy atom. The van der Waals surface area contributed by atoms with E-state index in [9.17, 15) is 0 Å². The van der Waals surface area contributed by atoms with Gasteiger partial charge in [0.15, 0.2) is 11.7 Å². The highest BCUT2D eigenvalue weighted by Crippen LogP contribution is 2.26. The van der Waals surface area contributed by atoms with E-state index >= 15 is 0 Å². The largest absolute Gasteiger partial charge is 0.441 e. The molecule has 4 heteroatoms. The molecule has 0 saturated heterocycles. The lowest BCUT2D eigenvalue weighted by atomic mass is 10.1. The first-order chi connectivity index (χ1) is 9.70. The summed E-state index contributed by atoms with van der Waals surface area (Å²) in [4.78, 5) is 4.37. The van der Waals surface area contributed by atoms with E-state index in [-0.39, 0.29) is 0 Å². The van der Waals surface area contributed by atoms with Crippen LogP contribution in [0.4, 0.5) is 0 Å². The Labute approximate surface area is 128 Å². The molecule has 2 aromatic rings. The lowest BCUT2D eigenvalue weighted by Gasteiger charge is -2.02. The highest BCUT2D eigenvalue weighted by Gasteiger charge is 2.08. The molecule has 0 bridgehead atoms. The van der Waals surface area contributed by atoms with Gasteiger partial charge in [-0.15, -0.1) is 0 Å². The molecule has 0 radical (unpaired) electrons. The quantitative estimate of drug-likeness (QED) is 0.764. The van der Waals surface area contributed by atoms with Crippen LogP contribution in [0.25, 0.3) is 11.3 Å². The van der Waals surface area contributed by atoms with Gasteiger partial charge in [0.25, 0.3) is 0 Å². The van der Waals surface area contributed by atoms with Gasteiger partial charge >= 0.3 is 0 Å². The number of aryl methyl sites for hydroxylation is 2. The monoisotopic (exact) mass is 336 g/mol. The molecular formula is C16H21BrN2O. The van der Waals surface area contributed by atoms with Crippen molar-refractivity contribution in [2.45, 2.75) is 33.1 Å². The van der Waals surface area contributed by atoms with Crippen LogP contribution in [0.5, 0.6) is 0 Å². The third-order valence-corrected chi connectivity index (χ3v) is 3.67. The number of nitrogens with one attached hydrogen (secondary N) is 1. The predicted molar refractivity (Wildman–Crippen MR) is 85.9 cm³/mol. The third kappa shape index (κ3) is 4.18. The number of hydrogen-bond acceptors (Lipinski definition) is 3. The summed E-state index contributed by atoms with van der Waals surface area (Å²) in [5, 5.41) is 3.38. The highest BCUT2D eigenvalue weighted by atomic mass is 79.9. The summed E-state index contributed by atoms with van der Waals surface area (Å²) in [7, 11) is 0. The molecule has 1 aromatic carbocycles. The van der Waals surface area contributed by atoms with Crippen LogP contribution in [0, 0.1) is 6.92 Å². The number of halogens is 1. The second kappa shape index (κ2) is 7.60. The average Bonchev–Trinajstić information content (AvgIpc) is 2.87. The summed E-state index contributed by atoms with van der Waals surface area (Å²) < 4.78 is 6.93. The van der Waals surface area contributed by atoms with Gasteiger partial charge < -0.3 is 9.73 Å². The normalized spacial score (nSPS) is 10.9. The van der Waals surface area contributed by atoms with E-state index in [0.717, 1.165) is 47.6 Å². The first-order valence-electron chi connectivity index (χ1n) is 7.12. The van der Waals surface area contributed by atoms with Gasteiger partial charge in [0.2, 0.25) is 0 Å². The first kappa shape index (κ1) is 15.3. The molecule has 2 rings (SSSR count). The van der Waals surface area contributed by atoms with Gasteiger partial charge in [0.1, 0.15) is 0 Å². The molecule has 0 aliphatic heterocycles. The number of hydrogen-bond donors (Lipinski definition) is 1. The Bertz CT molecular complexity index is 551. The number of oxazole rings is 1. The van der Waals surface area contributed by atoms with Gasteiger partial charge in [-0.25, -0.2) is 4.98 Å². The molecule has 108 valence electrons.